The molecule has 0 aliphatic heterocycles. The van der Waals surface area contributed by atoms with Gasteiger partial charge in [-0.2, -0.15) is 0 Å². The highest BCUT2D eigenvalue weighted by molar-refractivity contribution is 7.96. The summed E-state index contributed by atoms with van der Waals surface area (Å²) in [5, 5.41) is 0. The third-order valence-electron chi connectivity index (χ3n) is 2.79. The lowest BCUT2D eigenvalue weighted by molar-refractivity contribution is 0.677. The van der Waals surface area contributed by atoms with E-state index >= 15 is 0 Å². The maximum Gasteiger partial charge on any atom is 0.0156 e. The molecule has 0 bridgehead atoms. The molecule has 1 aliphatic carbocycles. The fraction of sp³-hybridized carbons (Fsp3) is 0.455. The molecule has 2 heteroatoms. The smallest absolute Gasteiger partial charge is 0.0156 e. The molecule has 1 aromatic rings. The van der Waals surface area contributed by atoms with Crippen molar-refractivity contribution in [1.82, 2.24) is 4.72 Å². The highest BCUT2D eigenvalue weighted by Gasteiger charge is 2.43. The number of nitrogens with one attached hydrogen (secondary N) is 1. The molecule has 0 unspecified atom stereocenters. The van der Waals surface area contributed by atoms with Gasteiger partial charge in [-0.1, -0.05) is 42.3 Å². The molecular formula is C11H15NS. The van der Waals surface area contributed by atoms with Gasteiger partial charge in [0.25, 0.3) is 0 Å². The van der Waals surface area contributed by atoms with Gasteiger partial charge in [0.05, 0.1) is 0 Å². The summed E-state index contributed by atoms with van der Waals surface area (Å²) < 4.78 is 3.37. The summed E-state index contributed by atoms with van der Waals surface area (Å²) in [6.45, 7) is 1.11. The van der Waals surface area contributed by atoms with Crippen molar-refractivity contribution in [2.75, 3.05) is 12.8 Å². The van der Waals surface area contributed by atoms with Crippen LogP contribution in [-0.4, -0.2) is 12.8 Å². The van der Waals surface area contributed by atoms with Crippen LogP contribution in [0.1, 0.15) is 18.4 Å². The van der Waals surface area contributed by atoms with E-state index in [2.05, 4.69) is 41.3 Å². The molecule has 13 heavy (non-hydrogen) atoms. The SMILES string of the molecule is CSNCC1(c2ccccc2)CC1. The monoisotopic (exact) mass is 193 g/mol. The van der Waals surface area contributed by atoms with Crippen molar-refractivity contribution >= 4 is 11.9 Å². The molecule has 1 aromatic carbocycles. The van der Waals surface area contributed by atoms with Crippen LogP contribution in [0.5, 0.6) is 0 Å². The van der Waals surface area contributed by atoms with Crippen molar-refractivity contribution in [1.29, 1.82) is 0 Å². The zero-order valence-corrected chi connectivity index (χ0v) is 8.73. The molecular weight excluding hydrogens is 178 g/mol. The second-order valence-electron chi connectivity index (χ2n) is 3.67. The Kier molecular flexibility index (Phi) is 2.61. The van der Waals surface area contributed by atoms with Gasteiger partial charge in [0.1, 0.15) is 0 Å². The Morgan fingerprint density at radius 3 is 2.54 bits per heavy atom. The predicted molar refractivity (Wildman–Crippen MR) is 58.9 cm³/mol. The molecule has 1 saturated carbocycles. The molecule has 0 aromatic heterocycles. The van der Waals surface area contributed by atoms with Crippen LogP contribution in [0.15, 0.2) is 30.3 Å². The Morgan fingerprint density at radius 1 is 1.31 bits per heavy atom. The van der Waals surface area contributed by atoms with Crippen LogP contribution in [0, 0.1) is 0 Å². The topological polar surface area (TPSA) is 12.0 Å². The summed E-state index contributed by atoms with van der Waals surface area (Å²) in [4.78, 5) is 0. The minimum absolute atomic E-state index is 0.463. The van der Waals surface area contributed by atoms with E-state index < -0.39 is 0 Å². The molecule has 1 fully saturated rings. The maximum atomic E-state index is 3.37. The first-order chi connectivity index (χ1) is 6.37. The summed E-state index contributed by atoms with van der Waals surface area (Å²) in [6.07, 6.45) is 4.76. The first-order valence-electron chi connectivity index (χ1n) is 4.69. The van der Waals surface area contributed by atoms with Crippen LogP contribution in [0.4, 0.5) is 0 Å². The third-order valence-corrected chi connectivity index (χ3v) is 3.23. The molecule has 0 heterocycles. The van der Waals surface area contributed by atoms with Gasteiger partial charge in [-0.15, -0.1) is 0 Å². The normalized spacial score (nSPS) is 18.5. The van der Waals surface area contributed by atoms with E-state index in [1.807, 2.05) is 0 Å². The summed E-state index contributed by atoms with van der Waals surface area (Å²) in [5.41, 5.74) is 1.96. The van der Waals surface area contributed by atoms with Crippen molar-refractivity contribution in [2.24, 2.45) is 0 Å². The zero-order chi connectivity index (χ0) is 9.15. The van der Waals surface area contributed by atoms with E-state index in [0.717, 1.165) is 6.54 Å². The molecule has 0 spiro atoms. The summed E-state index contributed by atoms with van der Waals surface area (Å²) in [7, 11) is 0. The second kappa shape index (κ2) is 3.72. The predicted octanol–water partition coefficient (Wildman–Crippen LogP) is 2.59. The van der Waals surface area contributed by atoms with Gasteiger partial charge in [0, 0.05) is 12.0 Å². The molecule has 1 aliphatic rings. The Bertz CT molecular complexity index is 267. The van der Waals surface area contributed by atoms with Gasteiger partial charge in [-0.25, -0.2) is 0 Å². The van der Waals surface area contributed by atoms with E-state index in [1.54, 1.807) is 11.9 Å². The average molecular weight is 193 g/mol. The number of hydrogen-bond donors (Lipinski definition) is 1. The number of benzene rings is 1. The van der Waals surface area contributed by atoms with Gasteiger partial charge in [0.15, 0.2) is 0 Å². The van der Waals surface area contributed by atoms with E-state index in [1.165, 1.54) is 18.4 Å². The van der Waals surface area contributed by atoms with Crippen molar-refractivity contribution in [3.63, 3.8) is 0 Å². The molecule has 2 rings (SSSR count). The molecule has 0 saturated heterocycles. The van der Waals surface area contributed by atoms with Crippen molar-refractivity contribution in [3.8, 4) is 0 Å². The molecule has 1 N–H and O–H groups in total. The number of hydrogen-bond acceptors (Lipinski definition) is 2. The highest BCUT2D eigenvalue weighted by atomic mass is 32.2. The Labute approximate surface area is 84.1 Å². The molecule has 0 amide bonds. The van der Waals surface area contributed by atoms with E-state index in [-0.39, 0.29) is 0 Å². The molecule has 0 radical (unpaired) electrons. The lowest BCUT2D eigenvalue weighted by Crippen LogP contribution is -2.21. The fourth-order valence-electron chi connectivity index (χ4n) is 1.72. The summed E-state index contributed by atoms with van der Waals surface area (Å²) >= 11 is 1.71. The van der Waals surface area contributed by atoms with E-state index in [4.69, 9.17) is 0 Å². The lowest BCUT2D eigenvalue weighted by Gasteiger charge is -2.14. The average Bonchev–Trinajstić information content (AvgIpc) is 2.97. The third kappa shape index (κ3) is 1.89. The van der Waals surface area contributed by atoms with Crippen molar-refractivity contribution < 1.29 is 0 Å². The first kappa shape index (κ1) is 9.10. The van der Waals surface area contributed by atoms with Crippen LogP contribution < -0.4 is 4.72 Å². The summed E-state index contributed by atoms with van der Waals surface area (Å²) in [5.74, 6) is 0. The summed E-state index contributed by atoms with van der Waals surface area (Å²) in [6, 6.07) is 10.8. The molecule has 1 nitrogen and oxygen atoms in total. The van der Waals surface area contributed by atoms with Crippen LogP contribution in [0.3, 0.4) is 0 Å². The van der Waals surface area contributed by atoms with Gasteiger partial charge in [-0.3, -0.25) is 4.72 Å². The van der Waals surface area contributed by atoms with Crippen LogP contribution in [0.25, 0.3) is 0 Å². The highest BCUT2D eigenvalue weighted by Crippen LogP contribution is 2.47. The quantitative estimate of drug-likeness (QED) is 0.738. The van der Waals surface area contributed by atoms with Gasteiger partial charge in [-0.05, 0) is 24.7 Å². The van der Waals surface area contributed by atoms with E-state index in [9.17, 15) is 0 Å². The minimum Gasteiger partial charge on any atom is -0.263 e. The number of rotatable bonds is 4. The van der Waals surface area contributed by atoms with E-state index in [0.29, 0.717) is 5.41 Å². The largest absolute Gasteiger partial charge is 0.263 e. The van der Waals surface area contributed by atoms with Crippen molar-refractivity contribution in [3.05, 3.63) is 35.9 Å². The maximum absolute atomic E-state index is 3.37. The Hall–Kier alpha value is -0.470. The van der Waals surface area contributed by atoms with Gasteiger partial charge < -0.3 is 0 Å². The minimum atomic E-state index is 0.463. The Balaban J connectivity index is 2.07. The van der Waals surface area contributed by atoms with Gasteiger partial charge >= 0.3 is 0 Å². The second-order valence-corrected chi connectivity index (χ2v) is 4.37. The molecule has 0 atom stereocenters. The van der Waals surface area contributed by atoms with Crippen LogP contribution >= 0.6 is 11.9 Å². The molecule has 70 valence electrons. The fourth-order valence-corrected chi connectivity index (χ4v) is 2.14. The van der Waals surface area contributed by atoms with Crippen LogP contribution in [0.2, 0.25) is 0 Å². The van der Waals surface area contributed by atoms with Gasteiger partial charge in [0.2, 0.25) is 0 Å². The van der Waals surface area contributed by atoms with Crippen molar-refractivity contribution in [2.45, 2.75) is 18.3 Å². The Morgan fingerprint density at radius 2 is 2.00 bits per heavy atom. The van der Waals surface area contributed by atoms with Crippen LogP contribution in [-0.2, 0) is 5.41 Å². The standard InChI is InChI=1S/C11H15NS/c1-13-12-9-11(7-8-11)10-5-3-2-4-6-10/h2-6,12H,7-9H2,1H3. The lowest BCUT2D eigenvalue weighted by atomic mass is 9.96. The first-order valence-corrected chi connectivity index (χ1v) is 5.91. The zero-order valence-electron chi connectivity index (χ0n) is 7.92.